The fraction of sp³-hybridized carbons (Fsp3) is 0.722. The number of likely N-dealkylation sites (N-methyl/N-ethyl adjacent to an activating group) is 1. The molecule has 8 nitrogen and oxygen atoms in total. The number of quaternary nitrogens is 1. The number of allylic oxidation sites excluding steroid dienone is 12. The Morgan fingerprint density at radius 3 is 1.31 bits per heavy atom. The van der Waals surface area contributed by atoms with E-state index in [1.54, 1.807) is 21.1 Å². The highest BCUT2D eigenvalue weighted by Crippen LogP contribution is 2.16. The molecule has 0 saturated heterocycles. The second kappa shape index (κ2) is 44.4. The highest BCUT2D eigenvalue weighted by atomic mass is 16.6. The molecule has 0 amide bonds. The molecule has 0 aliphatic rings. The van der Waals surface area contributed by atoms with Crippen LogP contribution in [0.15, 0.2) is 72.9 Å². The van der Waals surface area contributed by atoms with E-state index in [-0.39, 0.29) is 49.1 Å². The van der Waals surface area contributed by atoms with Crippen molar-refractivity contribution in [1.82, 2.24) is 0 Å². The summed E-state index contributed by atoms with van der Waals surface area (Å²) >= 11 is 0. The topological polar surface area (TPSA) is 102 Å². The molecule has 0 aromatic heterocycles. The minimum Gasteiger partial charge on any atom is -0.544 e. The lowest BCUT2D eigenvalue weighted by Crippen LogP contribution is -2.55. The molecule has 8 heteroatoms. The molecule has 0 bridgehead atoms. The van der Waals surface area contributed by atoms with Gasteiger partial charge in [0.15, 0.2) is 6.10 Å². The van der Waals surface area contributed by atoms with Gasteiger partial charge in [-0.15, -0.1) is 0 Å². The van der Waals surface area contributed by atoms with E-state index in [0.29, 0.717) is 12.8 Å². The second-order valence-corrected chi connectivity index (χ2v) is 17.7. The first-order valence-electron chi connectivity index (χ1n) is 25.0. The van der Waals surface area contributed by atoms with Crippen molar-refractivity contribution in [1.29, 1.82) is 0 Å². The summed E-state index contributed by atoms with van der Waals surface area (Å²) in [5, 5.41) is 11.7. The molecule has 356 valence electrons. The summed E-state index contributed by atoms with van der Waals surface area (Å²) in [4.78, 5) is 37.0. The van der Waals surface area contributed by atoms with Gasteiger partial charge in [-0.05, 0) is 51.4 Å². The maximum absolute atomic E-state index is 12.8. The van der Waals surface area contributed by atoms with Crippen molar-refractivity contribution in [2.24, 2.45) is 0 Å². The molecule has 2 atom stereocenters. The standard InChI is InChI=1S/C54H93NO7/c1-6-8-10-12-14-16-18-20-22-24-26-28-30-32-34-36-38-40-42-44-52(56)61-49-50(48-60-47-46-51(54(58)59)55(3,4)5)62-53(57)45-43-41-39-37-35-33-31-29-27-25-23-21-19-17-15-13-11-9-7-2/h8,10,14,16,20,22,26,28,32,34,38,40,50-51H,6-7,9,11-13,15,17-19,21,23-25,27,29-31,33,35-37,39,41-49H2,1-5H3/b10-8+,16-14+,22-20+,28-26+,34-32+,40-38+. The van der Waals surface area contributed by atoms with Gasteiger partial charge in [0.05, 0.1) is 40.3 Å². The van der Waals surface area contributed by atoms with E-state index in [4.69, 9.17) is 14.2 Å². The smallest absolute Gasteiger partial charge is 0.306 e. The number of aliphatic carboxylic acids is 1. The molecule has 62 heavy (non-hydrogen) atoms. The fourth-order valence-corrected chi connectivity index (χ4v) is 7.04. The summed E-state index contributed by atoms with van der Waals surface area (Å²) in [6.07, 6.45) is 56.6. The Hall–Kier alpha value is -3.23. The van der Waals surface area contributed by atoms with Crippen molar-refractivity contribution < 1.29 is 38.2 Å². The second-order valence-electron chi connectivity index (χ2n) is 17.7. The van der Waals surface area contributed by atoms with Gasteiger partial charge in [0.2, 0.25) is 0 Å². The number of unbranched alkanes of at least 4 members (excludes halogenated alkanes) is 18. The average Bonchev–Trinajstić information content (AvgIpc) is 3.23. The zero-order valence-electron chi connectivity index (χ0n) is 40.5. The predicted octanol–water partition coefficient (Wildman–Crippen LogP) is 13.0. The number of esters is 2. The molecule has 0 spiro atoms. The lowest BCUT2D eigenvalue weighted by atomic mass is 10.0. The molecule has 0 fully saturated rings. The molecular formula is C54H93NO7. The Morgan fingerprint density at radius 2 is 0.903 bits per heavy atom. The Labute approximate surface area is 381 Å². The van der Waals surface area contributed by atoms with E-state index >= 15 is 0 Å². The first-order chi connectivity index (χ1) is 30.1. The van der Waals surface area contributed by atoms with Crippen LogP contribution in [-0.2, 0) is 28.6 Å². The maximum Gasteiger partial charge on any atom is 0.306 e. The third-order valence-electron chi connectivity index (χ3n) is 10.9. The van der Waals surface area contributed by atoms with Crippen LogP contribution in [0.4, 0.5) is 0 Å². The molecule has 0 aliphatic heterocycles. The summed E-state index contributed by atoms with van der Waals surface area (Å²) in [5.41, 5.74) is 0. The average molecular weight is 868 g/mol. The van der Waals surface area contributed by atoms with Crippen molar-refractivity contribution in [3.8, 4) is 0 Å². The Balaban J connectivity index is 4.37. The number of rotatable bonds is 44. The molecule has 0 saturated carbocycles. The maximum atomic E-state index is 12.8. The summed E-state index contributed by atoms with van der Waals surface area (Å²) in [5.74, 6) is -1.84. The van der Waals surface area contributed by atoms with Crippen LogP contribution < -0.4 is 5.11 Å². The molecule has 0 N–H and O–H groups in total. The van der Waals surface area contributed by atoms with E-state index < -0.39 is 18.1 Å². The van der Waals surface area contributed by atoms with Gasteiger partial charge in [-0.25, -0.2) is 0 Å². The van der Waals surface area contributed by atoms with Gasteiger partial charge >= 0.3 is 11.9 Å². The highest BCUT2D eigenvalue weighted by Gasteiger charge is 2.25. The zero-order valence-corrected chi connectivity index (χ0v) is 40.5. The van der Waals surface area contributed by atoms with Crippen LogP contribution in [0.1, 0.15) is 200 Å². The summed E-state index contributed by atoms with van der Waals surface area (Å²) in [6, 6.07) is -0.739. The summed E-state index contributed by atoms with van der Waals surface area (Å²) < 4.78 is 17.1. The van der Waals surface area contributed by atoms with E-state index in [9.17, 15) is 19.5 Å². The van der Waals surface area contributed by atoms with E-state index in [1.807, 2.05) is 12.2 Å². The zero-order chi connectivity index (χ0) is 45.6. The number of carbonyl (C=O) groups excluding carboxylic acids is 3. The monoisotopic (exact) mass is 868 g/mol. The Bertz CT molecular complexity index is 1240. The van der Waals surface area contributed by atoms with Crippen molar-refractivity contribution in [3.05, 3.63) is 72.9 Å². The van der Waals surface area contributed by atoms with Gasteiger partial charge in [0, 0.05) is 19.3 Å². The third kappa shape index (κ3) is 42.1. The van der Waals surface area contributed by atoms with Crippen molar-refractivity contribution in [3.63, 3.8) is 0 Å². The molecule has 2 unspecified atom stereocenters. The predicted molar refractivity (Wildman–Crippen MR) is 259 cm³/mol. The van der Waals surface area contributed by atoms with Crippen LogP contribution in [0.25, 0.3) is 0 Å². The van der Waals surface area contributed by atoms with Crippen molar-refractivity contribution >= 4 is 17.9 Å². The van der Waals surface area contributed by atoms with E-state index in [1.165, 1.54) is 103 Å². The number of nitrogens with zero attached hydrogens (tertiary/aromatic N) is 1. The van der Waals surface area contributed by atoms with Crippen LogP contribution in [0.5, 0.6) is 0 Å². The number of hydrogen-bond acceptors (Lipinski definition) is 7. The third-order valence-corrected chi connectivity index (χ3v) is 10.9. The molecule has 0 radical (unpaired) electrons. The van der Waals surface area contributed by atoms with E-state index in [2.05, 4.69) is 74.6 Å². The molecule has 0 aliphatic carbocycles. The molecule has 0 aromatic rings. The highest BCUT2D eigenvalue weighted by molar-refractivity contribution is 5.70. The Morgan fingerprint density at radius 1 is 0.500 bits per heavy atom. The van der Waals surface area contributed by atoms with Crippen molar-refractivity contribution in [2.75, 3.05) is 41.0 Å². The van der Waals surface area contributed by atoms with Crippen LogP contribution in [0, 0.1) is 0 Å². The first-order valence-corrected chi connectivity index (χ1v) is 25.0. The number of carbonyl (C=O) groups is 3. The molecule has 0 aromatic carbocycles. The number of ether oxygens (including phenoxy) is 3. The van der Waals surface area contributed by atoms with Crippen LogP contribution >= 0.6 is 0 Å². The quantitative estimate of drug-likeness (QED) is 0.0260. The van der Waals surface area contributed by atoms with Gasteiger partial charge in [-0.2, -0.15) is 0 Å². The number of carboxylic acid groups (broad SMARTS) is 1. The SMILES string of the molecule is CC/C=C/C/C=C/C/C=C/C/C=C/C/C=C/C/C=C/CCC(=O)OCC(COCCC(C(=O)[O-])[N+](C)(C)C)OC(=O)CCCCCCCCCCCCCCCCCCCCC. The molecule has 0 rings (SSSR count). The normalized spacial score (nSPS) is 13.5. The van der Waals surface area contributed by atoms with Gasteiger partial charge in [0.25, 0.3) is 0 Å². The van der Waals surface area contributed by atoms with Crippen LogP contribution in [0.3, 0.4) is 0 Å². The first kappa shape index (κ1) is 58.8. The van der Waals surface area contributed by atoms with Crippen LogP contribution in [0.2, 0.25) is 0 Å². The van der Waals surface area contributed by atoms with Gasteiger partial charge in [-0.3, -0.25) is 9.59 Å². The number of carboxylic acids is 1. The van der Waals surface area contributed by atoms with Crippen molar-refractivity contribution in [2.45, 2.75) is 212 Å². The fourth-order valence-electron chi connectivity index (χ4n) is 7.04. The molecular weight excluding hydrogens is 775 g/mol. The number of hydrogen-bond donors (Lipinski definition) is 0. The van der Waals surface area contributed by atoms with Crippen LogP contribution in [-0.4, -0.2) is 75.5 Å². The summed E-state index contributed by atoms with van der Waals surface area (Å²) in [6.45, 7) is 4.48. The summed E-state index contributed by atoms with van der Waals surface area (Å²) in [7, 11) is 5.39. The van der Waals surface area contributed by atoms with Gasteiger partial charge in [-0.1, -0.05) is 202 Å². The van der Waals surface area contributed by atoms with E-state index in [0.717, 1.165) is 57.8 Å². The van der Waals surface area contributed by atoms with Gasteiger partial charge < -0.3 is 28.6 Å². The largest absolute Gasteiger partial charge is 0.544 e. The minimum atomic E-state index is -1.13. The lowest BCUT2D eigenvalue weighted by molar-refractivity contribution is -0.889. The Kier molecular flexibility index (Phi) is 42.1. The molecule has 0 heterocycles. The van der Waals surface area contributed by atoms with Gasteiger partial charge in [0.1, 0.15) is 12.6 Å². The minimum absolute atomic E-state index is 0.0161. The lowest BCUT2D eigenvalue weighted by Gasteiger charge is -2.34.